The molecule has 0 bridgehead atoms. The van der Waals surface area contributed by atoms with E-state index in [0.717, 1.165) is 36.2 Å². The largest absolute Gasteiger partial charge is 0.309 e. The second-order valence-corrected chi connectivity index (χ2v) is 6.75. The molecular formula is C22H26N4O2. The maximum atomic E-state index is 12.6. The predicted octanol–water partition coefficient (Wildman–Crippen LogP) is 3.51. The summed E-state index contributed by atoms with van der Waals surface area (Å²) >= 11 is 0. The van der Waals surface area contributed by atoms with Gasteiger partial charge in [0.05, 0.1) is 11.0 Å². The lowest BCUT2D eigenvalue weighted by Crippen LogP contribution is -2.29. The number of carbonyl (C=O) groups excluding carboxylic acids is 2. The number of amides is 1. The summed E-state index contributed by atoms with van der Waals surface area (Å²) in [6.07, 6.45) is 0. The van der Waals surface area contributed by atoms with Gasteiger partial charge in [0.1, 0.15) is 0 Å². The Labute approximate surface area is 165 Å². The van der Waals surface area contributed by atoms with Crippen LogP contribution in [0, 0.1) is 6.92 Å². The van der Waals surface area contributed by atoms with E-state index in [0.29, 0.717) is 18.1 Å². The molecule has 6 nitrogen and oxygen atoms in total. The van der Waals surface area contributed by atoms with Crippen LogP contribution in [0.3, 0.4) is 0 Å². The highest BCUT2D eigenvalue weighted by Crippen LogP contribution is 2.20. The molecule has 0 saturated heterocycles. The van der Waals surface area contributed by atoms with Crippen molar-refractivity contribution in [2.75, 3.05) is 25.0 Å². The minimum Gasteiger partial charge on any atom is -0.309 e. The fourth-order valence-electron chi connectivity index (χ4n) is 3.17. The SMILES string of the molecule is CCN(CC)CCn1c(NC(=O)C(=O)c2ccc(C)cc2)nc2ccccc21. The molecule has 1 amide bonds. The zero-order chi connectivity index (χ0) is 20.1. The number of para-hydroxylation sites is 2. The molecule has 1 aromatic heterocycles. The number of hydrogen-bond acceptors (Lipinski definition) is 4. The molecule has 0 aliphatic rings. The zero-order valence-corrected chi connectivity index (χ0v) is 16.6. The molecule has 6 heteroatoms. The van der Waals surface area contributed by atoms with E-state index in [1.807, 2.05) is 47.9 Å². The van der Waals surface area contributed by atoms with Gasteiger partial charge in [0, 0.05) is 18.7 Å². The molecule has 1 N–H and O–H groups in total. The first-order chi connectivity index (χ1) is 13.5. The number of rotatable bonds is 8. The highest BCUT2D eigenvalue weighted by Gasteiger charge is 2.20. The van der Waals surface area contributed by atoms with E-state index >= 15 is 0 Å². The number of likely N-dealkylation sites (N-methyl/N-ethyl adjacent to an activating group) is 1. The molecule has 0 atom stereocenters. The second-order valence-electron chi connectivity index (χ2n) is 6.75. The van der Waals surface area contributed by atoms with Crippen molar-refractivity contribution in [3.63, 3.8) is 0 Å². The summed E-state index contributed by atoms with van der Waals surface area (Å²) < 4.78 is 1.97. The smallest absolute Gasteiger partial charge is 0.299 e. The van der Waals surface area contributed by atoms with Gasteiger partial charge in [0.2, 0.25) is 5.95 Å². The Morgan fingerprint density at radius 1 is 1.04 bits per heavy atom. The van der Waals surface area contributed by atoms with Crippen LogP contribution in [0.1, 0.15) is 29.8 Å². The van der Waals surface area contributed by atoms with Crippen molar-refractivity contribution in [1.82, 2.24) is 14.5 Å². The first kappa shape index (κ1) is 19.8. The minimum absolute atomic E-state index is 0.369. The molecule has 3 aromatic rings. The Morgan fingerprint density at radius 2 is 1.71 bits per heavy atom. The quantitative estimate of drug-likeness (QED) is 0.481. The molecule has 3 rings (SSSR count). The predicted molar refractivity (Wildman–Crippen MR) is 112 cm³/mol. The van der Waals surface area contributed by atoms with E-state index in [9.17, 15) is 9.59 Å². The first-order valence-electron chi connectivity index (χ1n) is 9.63. The number of nitrogens with zero attached hydrogens (tertiary/aromatic N) is 3. The van der Waals surface area contributed by atoms with Crippen LogP contribution in [-0.4, -0.2) is 45.8 Å². The van der Waals surface area contributed by atoms with Crippen LogP contribution in [0.5, 0.6) is 0 Å². The van der Waals surface area contributed by atoms with Crippen LogP contribution in [0.2, 0.25) is 0 Å². The third kappa shape index (κ3) is 4.28. The molecule has 1 heterocycles. The molecule has 0 radical (unpaired) electrons. The fraction of sp³-hybridized carbons (Fsp3) is 0.318. The van der Waals surface area contributed by atoms with E-state index in [4.69, 9.17) is 0 Å². The van der Waals surface area contributed by atoms with Crippen molar-refractivity contribution in [1.29, 1.82) is 0 Å². The van der Waals surface area contributed by atoms with Gasteiger partial charge in [-0.15, -0.1) is 0 Å². The van der Waals surface area contributed by atoms with Crippen LogP contribution in [0.15, 0.2) is 48.5 Å². The number of carbonyl (C=O) groups is 2. The maximum Gasteiger partial charge on any atom is 0.299 e. The zero-order valence-electron chi connectivity index (χ0n) is 16.6. The van der Waals surface area contributed by atoms with Gasteiger partial charge in [-0.05, 0) is 32.1 Å². The van der Waals surface area contributed by atoms with E-state index < -0.39 is 11.7 Å². The highest BCUT2D eigenvalue weighted by atomic mass is 16.2. The summed E-state index contributed by atoms with van der Waals surface area (Å²) in [5.41, 5.74) is 3.14. The lowest BCUT2D eigenvalue weighted by Gasteiger charge is -2.19. The average Bonchev–Trinajstić information content (AvgIpc) is 3.06. The Kier molecular flexibility index (Phi) is 6.21. The molecule has 146 valence electrons. The van der Waals surface area contributed by atoms with Crippen molar-refractivity contribution in [2.24, 2.45) is 0 Å². The molecule has 28 heavy (non-hydrogen) atoms. The topological polar surface area (TPSA) is 67.2 Å². The number of hydrogen-bond donors (Lipinski definition) is 1. The number of ketones is 1. The molecular weight excluding hydrogens is 352 g/mol. The maximum absolute atomic E-state index is 12.6. The summed E-state index contributed by atoms with van der Waals surface area (Å²) in [7, 11) is 0. The molecule has 0 unspecified atom stereocenters. The standard InChI is InChI=1S/C22H26N4O2/c1-4-25(5-2)14-15-26-19-9-7-6-8-18(19)23-22(26)24-21(28)20(27)17-12-10-16(3)11-13-17/h6-13H,4-5,14-15H2,1-3H3,(H,23,24,28). The van der Waals surface area contributed by atoms with Crippen molar-refractivity contribution in [2.45, 2.75) is 27.3 Å². The van der Waals surface area contributed by atoms with Crippen LogP contribution in [0.25, 0.3) is 11.0 Å². The number of anilines is 1. The van der Waals surface area contributed by atoms with Gasteiger partial charge in [-0.1, -0.05) is 55.8 Å². The van der Waals surface area contributed by atoms with Crippen LogP contribution < -0.4 is 5.32 Å². The molecule has 0 spiro atoms. The van der Waals surface area contributed by atoms with Crippen LogP contribution in [-0.2, 0) is 11.3 Å². The monoisotopic (exact) mass is 378 g/mol. The first-order valence-corrected chi connectivity index (χ1v) is 9.63. The Hall–Kier alpha value is -2.99. The third-order valence-corrected chi connectivity index (χ3v) is 4.93. The summed E-state index contributed by atoms with van der Waals surface area (Å²) in [6, 6.07) is 14.7. The van der Waals surface area contributed by atoms with Crippen LogP contribution >= 0.6 is 0 Å². The number of Topliss-reactive ketones (excluding diaryl/α,β-unsaturated/α-hetero) is 1. The van der Waals surface area contributed by atoms with E-state index in [1.165, 1.54) is 0 Å². The van der Waals surface area contributed by atoms with Crippen molar-refractivity contribution < 1.29 is 9.59 Å². The Bertz CT molecular complexity index is 972. The molecule has 0 aliphatic heterocycles. The van der Waals surface area contributed by atoms with Crippen molar-refractivity contribution in [3.8, 4) is 0 Å². The lowest BCUT2D eigenvalue weighted by molar-refractivity contribution is -0.112. The number of nitrogens with one attached hydrogen (secondary N) is 1. The normalized spacial score (nSPS) is 11.1. The number of imidazole rings is 1. The van der Waals surface area contributed by atoms with E-state index in [-0.39, 0.29) is 0 Å². The van der Waals surface area contributed by atoms with Gasteiger partial charge in [0.15, 0.2) is 0 Å². The Balaban J connectivity index is 1.85. The molecule has 2 aromatic carbocycles. The van der Waals surface area contributed by atoms with Gasteiger partial charge in [-0.25, -0.2) is 4.98 Å². The number of benzene rings is 2. The number of aromatic nitrogens is 2. The third-order valence-electron chi connectivity index (χ3n) is 4.93. The Morgan fingerprint density at radius 3 is 2.39 bits per heavy atom. The van der Waals surface area contributed by atoms with E-state index in [1.54, 1.807) is 12.1 Å². The molecule has 0 aliphatic carbocycles. The van der Waals surface area contributed by atoms with Crippen molar-refractivity contribution >= 4 is 28.7 Å². The summed E-state index contributed by atoms with van der Waals surface area (Å²) in [5, 5.41) is 2.72. The van der Waals surface area contributed by atoms with Gasteiger partial charge >= 0.3 is 0 Å². The minimum atomic E-state index is -0.678. The summed E-state index contributed by atoms with van der Waals surface area (Å²) in [6.45, 7) is 9.61. The molecule has 0 fully saturated rings. The highest BCUT2D eigenvalue weighted by molar-refractivity contribution is 6.46. The van der Waals surface area contributed by atoms with Gasteiger partial charge < -0.3 is 9.47 Å². The van der Waals surface area contributed by atoms with Gasteiger partial charge in [-0.3, -0.25) is 14.9 Å². The average molecular weight is 378 g/mol. The summed E-state index contributed by atoms with van der Waals surface area (Å²) in [5.74, 6) is -0.843. The summed E-state index contributed by atoms with van der Waals surface area (Å²) in [4.78, 5) is 31.9. The van der Waals surface area contributed by atoms with Crippen molar-refractivity contribution in [3.05, 3.63) is 59.7 Å². The second kappa shape index (κ2) is 8.80. The van der Waals surface area contributed by atoms with Crippen LogP contribution in [0.4, 0.5) is 5.95 Å². The number of aryl methyl sites for hydroxylation is 1. The van der Waals surface area contributed by atoms with Gasteiger partial charge in [-0.2, -0.15) is 0 Å². The number of fused-ring (bicyclic) bond motifs is 1. The fourth-order valence-corrected chi connectivity index (χ4v) is 3.17. The van der Waals surface area contributed by atoms with E-state index in [2.05, 4.69) is 29.0 Å². The lowest BCUT2D eigenvalue weighted by atomic mass is 10.1. The van der Waals surface area contributed by atoms with Gasteiger partial charge in [0.25, 0.3) is 11.7 Å². The molecule has 0 saturated carbocycles.